The summed E-state index contributed by atoms with van der Waals surface area (Å²) in [5.74, 6) is 1.67. The first kappa shape index (κ1) is 23.9. The molecule has 3 heteroatoms. The number of rotatable bonds is 6. The van der Waals surface area contributed by atoms with Crippen LogP contribution in [0.2, 0.25) is 0 Å². The predicted molar refractivity (Wildman–Crippen MR) is 123 cm³/mol. The van der Waals surface area contributed by atoms with Gasteiger partial charge < -0.3 is 9.05 Å². The fraction of sp³-hybridized carbons (Fsp3) is 0.840. The molecular weight excluding hydrogens is 363 g/mol. The molecule has 28 heavy (non-hydrogen) atoms. The molecule has 1 heterocycles. The van der Waals surface area contributed by atoms with Crippen molar-refractivity contribution in [2.24, 2.45) is 27.6 Å². The molecule has 0 N–H and O–H groups in total. The average Bonchev–Trinajstić information content (AvgIpc) is 3.32. The second-order valence-corrected chi connectivity index (χ2v) is 13.3. The van der Waals surface area contributed by atoms with E-state index >= 15 is 0 Å². The molecule has 2 aliphatic rings. The van der Waals surface area contributed by atoms with Crippen LogP contribution in [-0.4, -0.2) is 6.35 Å². The van der Waals surface area contributed by atoms with Crippen molar-refractivity contribution in [2.45, 2.75) is 102 Å². The highest BCUT2D eigenvalue weighted by Crippen LogP contribution is 2.65. The molecule has 1 aliphatic heterocycles. The summed E-state index contributed by atoms with van der Waals surface area (Å²) in [7, 11) is -0.721. The maximum atomic E-state index is 6.63. The van der Waals surface area contributed by atoms with E-state index in [0.717, 1.165) is 12.8 Å². The molecule has 3 unspecified atom stereocenters. The van der Waals surface area contributed by atoms with Crippen LogP contribution in [0.3, 0.4) is 0 Å². The Hall–Kier alpha value is -0.330. The maximum Gasteiger partial charge on any atom is 0.258 e. The van der Waals surface area contributed by atoms with Gasteiger partial charge in [-0.3, -0.25) is 0 Å². The van der Waals surface area contributed by atoms with Crippen molar-refractivity contribution in [3.8, 4) is 0 Å². The van der Waals surface area contributed by atoms with Crippen LogP contribution in [0.4, 0.5) is 0 Å². The zero-order valence-corrected chi connectivity index (χ0v) is 21.3. The molecule has 0 saturated carbocycles. The molecule has 0 bridgehead atoms. The zero-order valence-electron chi connectivity index (χ0n) is 20.5. The third-order valence-corrected chi connectivity index (χ3v) is 7.28. The Morgan fingerprint density at radius 2 is 1.61 bits per heavy atom. The van der Waals surface area contributed by atoms with Crippen molar-refractivity contribution >= 4 is 8.38 Å². The lowest BCUT2D eigenvalue weighted by atomic mass is 9.50. The Morgan fingerprint density at radius 1 is 1.04 bits per heavy atom. The quantitative estimate of drug-likeness (QED) is 0.323. The van der Waals surface area contributed by atoms with Gasteiger partial charge in [-0.2, -0.15) is 0 Å². The smallest absolute Gasteiger partial charge is 0.258 e. The third-order valence-electron chi connectivity index (χ3n) is 6.42. The van der Waals surface area contributed by atoms with Crippen molar-refractivity contribution < 1.29 is 9.05 Å². The van der Waals surface area contributed by atoms with E-state index in [1.54, 1.807) is 5.57 Å². The highest BCUT2D eigenvalue weighted by atomic mass is 31.2. The minimum absolute atomic E-state index is 0.0470. The number of allylic oxidation sites excluding steroid dienone is 3. The van der Waals surface area contributed by atoms with Crippen molar-refractivity contribution in [1.29, 1.82) is 0 Å². The first-order valence-electron chi connectivity index (χ1n) is 11.2. The minimum Gasteiger partial charge on any atom is -0.445 e. The number of hydrogen-bond acceptors (Lipinski definition) is 2. The second kappa shape index (κ2) is 8.07. The van der Waals surface area contributed by atoms with Gasteiger partial charge in [0.15, 0.2) is 0 Å². The maximum absolute atomic E-state index is 6.63. The molecule has 1 saturated heterocycles. The van der Waals surface area contributed by atoms with E-state index in [4.69, 9.17) is 9.05 Å². The van der Waals surface area contributed by atoms with Crippen LogP contribution in [-0.2, 0) is 9.05 Å². The molecule has 0 aromatic rings. The fourth-order valence-electron chi connectivity index (χ4n) is 5.29. The van der Waals surface area contributed by atoms with E-state index in [-0.39, 0.29) is 21.7 Å². The highest BCUT2D eigenvalue weighted by molar-refractivity contribution is 7.53. The van der Waals surface area contributed by atoms with E-state index in [1.807, 2.05) is 0 Å². The van der Waals surface area contributed by atoms with Crippen molar-refractivity contribution in [1.82, 2.24) is 0 Å². The van der Waals surface area contributed by atoms with E-state index < -0.39 is 8.38 Å². The molecule has 2 rings (SSSR count). The van der Waals surface area contributed by atoms with Crippen LogP contribution >= 0.6 is 8.38 Å². The zero-order chi connectivity index (χ0) is 21.5. The largest absolute Gasteiger partial charge is 0.445 e. The van der Waals surface area contributed by atoms with Gasteiger partial charge >= 0.3 is 0 Å². The summed E-state index contributed by atoms with van der Waals surface area (Å²) in [5, 5.41) is 0. The van der Waals surface area contributed by atoms with Gasteiger partial charge in [-0.15, -0.1) is 0 Å². The SMILES string of the molecule is CCCCC1(CC)C(C(C)(C)C)=C(OP2CO2)C(C(C)(C)C)=CC1C(C)(C)C. The molecule has 0 spiro atoms. The van der Waals surface area contributed by atoms with Crippen molar-refractivity contribution in [3.05, 3.63) is 23.0 Å². The molecule has 0 amide bonds. The van der Waals surface area contributed by atoms with Gasteiger partial charge in [-0.05, 0) is 46.2 Å². The Kier molecular flexibility index (Phi) is 6.90. The van der Waals surface area contributed by atoms with Crippen LogP contribution in [0.1, 0.15) is 102 Å². The fourth-order valence-corrected chi connectivity index (χ4v) is 5.98. The Morgan fingerprint density at radius 3 is 1.96 bits per heavy atom. The van der Waals surface area contributed by atoms with E-state index in [2.05, 4.69) is 82.2 Å². The van der Waals surface area contributed by atoms with Crippen LogP contribution in [0.15, 0.2) is 23.0 Å². The Balaban J connectivity index is 2.84. The van der Waals surface area contributed by atoms with Gasteiger partial charge in [0.05, 0.1) is 0 Å². The Labute approximate surface area is 176 Å². The van der Waals surface area contributed by atoms with Crippen molar-refractivity contribution in [3.63, 3.8) is 0 Å². The minimum atomic E-state index is -0.721. The molecule has 1 fully saturated rings. The number of unbranched alkanes of at least 4 members (excludes halogenated alkanes) is 1. The van der Waals surface area contributed by atoms with Gasteiger partial charge in [-0.25, -0.2) is 0 Å². The van der Waals surface area contributed by atoms with Gasteiger partial charge in [0.25, 0.3) is 8.38 Å². The summed E-state index contributed by atoms with van der Waals surface area (Å²) < 4.78 is 12.2. The average molecular weight is 409 g/mol. The molecule has 162 valence electrons. The summed E-state index contributed by atoms with van der Waals surface area (Å²) in [4.78, 5) is 0. The first-order chi connectivity index (χ1) is 12.7. The molecule has 2 nitrogen and oxygen atoms in total. The summed E-state index contributed by atoms with van der Waals surface area (Å²) >= 11 is 0. The molecule has 1 aliphatic carbocycles. The lowest BCUT2D eigenvalue weighted by Crippen LogP contribution is -2.46. The lowest BCUT2D eigenvalue weighted by molar-refractivity contribution is 0.0785. The van der Waals surface area contributed by atoms with Crippen LogP contribution in [0.25, 0.3) is 0 Å². The van der Waals surface area contributed by atoms with Crippen molar-refractivity contribution in [2.75, 3.05) is 6.35 Å². The van der Waals surface area contributed by atoms with Crippen LogP contribution < -0.4 is 0 Å². The number of hydrogen-bond donors (Lipinski definition) is 0. The monoisotopic (exact) mass is 408 g/mol. The van der Waals surface area contributed by atoms with E-state index in [1.165, 1.54) is 30.6 Å². The highest BCUT2D eigenvalue weighted by Gasteiger charge is 2.53. The van der Waals surface area contributed by atoms with Crippen LogP contribution in [0, 0.1) is 27.6 Å². The topological polar surface area (TPSA) is 21.8 Å². The Bertz CT molecular complexity index is 620. The molecule has 0 radical (unpaired) electrons. The predicted octanol–water partition coefficient (Wildman–Crippen LogP) is 8.84. The molecular formula is C25H45O2P. The van der Waals surface area contributed by atoms with Gasteiger partial charge in [0.2, 0.25) is 0 Å². The summed E-state index contributed by atoms with van der Waals surface area (Å²) in [6.45, 7) is 26.1. The first-order valence-corrected chi connectivity index (χ1v) is 12.6. The van der Waals surface area contributed by atoms with Gasteiger partial charge in [-0.1, -0.05) is 95.1 Å². The van der Waals surface area contributed by atoms with Gasteiger partial charge in [0, 0.05) is 5.41 Å². The third kappa shape index (κ3) is 4.86. The normalized spacial score (nSPS) is 29.0. The summed E-state index contributed by atoms with van der Waals surface area (Å²) in [6.07, 6.45) is 8.26. The molecule has 0 aromatic heterocycles. The molecule has 0 aromatic carbocycles. The molecule has 3 atom stereocenters. The second-order valence-electron chi connectivity index (χ2n) is 11.9. The summed E-state index contributed by atoms with van der Waals surface area (Å²) in [6, 6.07) is 0. The van der Waals surface area contributed by atoms with Gasteiger partial charge in [0.1, 0.15) is 12.1 Å². The standard InChI is InChI=1S/C25H45O2P/c1-12-14-15-25(13-2)19(23(6,7)8)16-18(22(3,4)5)20(27-28-17-26-28)21(25)24(9,10)11/h16,19H,12-15,17H2,1-11H3. The van der Waals surface area contributed by atoms with E-state index in [9.17, 15) is 0 Å². The van der Waals surface area contributed by atoms with E-state index in [0.29, 0.717) is 5.92 Å². The summed E-state index contributed by atoms with van der Waals surface area (Å²) in [5.41, 5.74) is 3.37. The van der Waals surface area contributed by atoms with Crippen LogP contribution in [0.5, 0.6) is 0 Å². The lowest BCUT2D eigenvalue weighted by Gasteiger charge is -2.54.